The fourth-order valence-corrected chi connectivity index (χ4v) is 1.93. The molecule has 0 unspecified atom stereocenters. The third-order valence-corrected chi connectivity index (χ3v) is 4.59. The molecule has 0 bridgehead atoms. The average molecular weight is 127 g/mol. The number of hydrogen-bond donors (Lipinski definition) is 0. The Hall–Kier alpha value is -0.0900. The van der Waals surface area contributed by atoms with Crippen LogP contribution in [0.3, 0.4) is 0 Å². The van der Waals surface area contributed by atoms with Crippen molar-refractivity contribution in [3.8, 4) is 0 Å². The van der Waals surface area contributed by atoms with Crippen LogP contribution in [0, 0.1) is 0 Å². The lowest BCUT2D eigenvalue weighted by molar-refractivity contribution is 1.66. The van der Waals surface area contributed by atoms with Crippen molar-refractivity contribution in [1.82, 2.24) is 0 Å². The molecule has 1 aliphatic rings. The maximum absolute atomic E-state index is 2.34. The maximum atomic E-state index is 2.34. The average Bonchev–Trinajstić information content (AvgIpc) is 1.86. The summed E-state index contributed by atoms with van der Waals surface area (Å²) in [5.41, 5.74) is 0. The largest absolute Gasteiger partial charge is 0.0726 e. The van der Waals surface area contributed by atoms with Gasteiger partial charge in [-0.3, -0.25) is 0 Å². The third-order valence-electron chi connectivity index (χ3n) is 1.71. The Morgan fingerprint density at radius 3 is 2.12 bits per heavy atom. The second kappa shape index (κ2) is 1.70. The first-order chi connectivity index (χ1) is 3.63. The Kier molecular flexibility index (Phi) is 1.28. The van der Waals surface area contributed by atoms with Crippen LogP contribution in [-0.4, -0.2) is 13.3 Å². The molecule has 0 aromatic carbocycles. The van der Waals surface area contributed by atoms with Gasteiger partial charge in [0.25, 0.3) is 0 Å². The van der Waals surface area contributed by atoms with Crippen molar-refractivity contribution in [1.29, 1.82) is 0 Å². The molecule has 8 heavy (non-hydrogen) atoms. The van der Waals surface area contributed by atoms with Crippen LogP contribution in [0.15, 0.2) is 23.3 Å². The minimum Gasteiger partial charge on any atom is -0.0234 e. The van der Waals surface area contributed by atoms with Gasteiger partial charge in [-0.05, 0) is 19.1 Å². The third kappa shape index (κ3) is 0.855. The van der Waals surface area contributed by atoms with E-state index in [0.717, 1.165) is 0 Å². The molecular weight excluding hydrogens is 115 g/mol. The van der Waals surface area contributed by atoms with Gasteiger partial charge in [0.15, 0.2) is 0 Å². The Morgan fingerprint density at radius 1 is 1.38 bits per heavy atom. The molecule has 1 heterocycles. The highest BCUT2D eigenvalue weighted by molar-refractivity contribution is 7.81. The Balaban J connectivity index is 2.87. The fourth-order valence-electron chi connectivity index (χ4n) is 0.707. The first-order valence-corrected chi connectivity index (χ1v) is 5.58. The predicted octanol–water partition coefficient (Wildman–Crippen LogP) is 2.69. The summed E-state index contributed by atoms with van der Waals surface area (Å²) < 4.78 is 0. The van der Waals surface area contributed by atoms with Gasteiger partial charge in [0.2, 0.25) is 0 Å². The van der Waals surface area contributed by atoms with Gasteiger partial charge in [0.1, 0.15) is 0 Å². The fraction of sp³-hybridized carbons (Fsp3) is 0.429. The summed E-state index contributed by atoms with van der Waals surface area (Å²) in [5, 5.41) is 1.57. The Labute approximate surface area is 51.6 Å². The molecular formula is C7H12P+. The summed E-state index contributed by atoms with van der Waals surface area (Å²) in [6, 6.07) is 0. The van der Waals surface area contributed by atoms with Crippen molar-refractivity contribution in [3.05, 3.63) is 23.3 Å². The van der Waals surface area contributed by atoms with E-state index in [1.165, 1.54) is 0 Å². The van der Waals surface area contributed by atoms with Crippen molar-refractivity contribution < 1.29 is 0 Å². The molecule has 0 spiro atoms. The van der Waals surface area contributed by atoms with Crippen molar-refractivity contribution in [2.24, 2.45) is 0 Å². The first-order valence-electron chi connectivity index (χ1n) is 2.83. The van der Waals surface area contributed by atoms with Crippen LogP contribution >= 0.6 is 7.26 Å². The van der Waals surface area contributed by atoms with Gasteiger partial charge in [-0.2, -0.15) is 0 Å². The molecule has 0 saturated carbocycles. The molecule has 0 aliphatic carbocycles. The zero-order valence-electron chi connectivity index (χ0n) is 5.68. The highest BCUT2D eigenvalue weighted by Crippen LogP contribution is 2.62. The van der Waals surface area contributed by atoms with Gasteiger partial charge in [-0.15, -0.1) is 0 Å². The summed E-state index contributed by atoms with van der Waals surface area (Å²) >= 11 is 0. The predicted molar refractivity (Wildman–Crippen MR) is 41.7 cm³/mol. The van der Waals surface area contributed by atoms with Crippen molar-refractivity contribution in [2.45, 2.75) is 6.92 Å². The van der Waals surface area contributed by atoms with Crippen LogP contribution in [0.25, 0.3) is 0 Å². The monoisotopic (exact) mass is 127 g/mol. The molecule has 44 valence electrons. The van der Waals surface area contributed by atoms with Gasteiger partial charge in [-0.1, -0.05) is 0 Å². The standard InChI is InChI=1S/C7H12P/c1-7-5-4-6-8(7,2)3/h4-6H,1-3H3/q+1. The Morgan fingerprint density at radius 2 is 2.00 bits per heavy atom. The molecule has 1 aliphatic heterocycles. The van der Waals surface area contributed by atoms with Crippen molar-refractivity contribution in [2.75, 3.05) is 13.3 Å². The number of rotatable bonds is 0. The van der Waals surface area contributed by atoms with Crippen LogP contribution in [0.4, 0.5) is 0 Å². The molecule has 0 atom stereocenters. The summed E-state index contributed by atoms with van der Waals surface area (Å²) in [4.78, 5) is 0. The molecule has 0 N–H and O–H groups in total. The van der Waals surface area contributed by atoms with Gasteiger partial charge in [0, 0.05) is 0 Å². The van der Waals surface area contributed by atoms with Crippen LogP contribution in [0.2, 0.25) is 0 Å². The molecule has 0 nitrogen and oxygen atoms in total. The summed E-state index contributed by atoms with van der Waals surface area (Å²) in [6.07, 6.45) is 4.39. The normalized spacial score (nSPS) is 23.6. The van der Waals surface area contributed by atoms with E-state index in [4.69, 9.17) is 0 Å². The lowest BCUT2D eigenvalue weighted by Gasteiger charge is -2.06. The van der Waals surface area contributed by atoms with Crippen LogP contribution in [0.1, 0.15) is 6.92 Å². The van der Waals surface area contributed by atoms with Crippen LogP contribution in [0.5, 0.6) is 0 Å². The van der Waals surface area contributed by atoms with E-state index in [0.29, 0.717) is 0 Å². The van der Waals surface area contributed by atoms with Crippen LogP contribution in [-0.2, 0) is 0 Å². The van der Waals surface area contributed by atoms with E-state index in [9.17, 15) is 0 Å². The zero-order valence-corrected chi connectivity index (χ0v) is 6.57. The quantitative estimate of drug-likeness (QED) is 0.439. The summed E-state index contributed by atoms with van der Waals surface area (Å²) in [5.74, 6) is 2.34. The minimum atomic E-state index is -0.704. The molecule has 0 aromatic heterocycles. The molecule has 1 rings (SSSR count). The van der Waals surface area contributed by atoms with Gasteiger partial charge >= 0.3 is 0 Å². The summed E-state index contributed by atoms with van der Waals surface area (Å²) in [6.45, 7) is 6.89. The van der Waals surface area contributed by atoms with Crippen LogP contribution < -0.4 is 0 Å². The molecule has 0 radical (unpaired) electrons. The molecule has 0 fully saturated rings. The highest BCUT2D eigenvalue weighted by Gasteiger charge is 2.26. The zero-order chi connectivity index (χ0) is 6.20. The Bertz CT molecular complexity index is 152. The topological polar surface area (TPSA) is 0 Å². The van der Waals surface area contributed by atoms with E-state index in [2.05, 4.69) is 38.2 Å². The van der Waals surface area contributed by atoms with Crippen molar-refractivity contribution >= 4 is 7.26 Å². The van der Waals surface area contributed by atoms with Gasteiger partial charge in [-0.25, -0.2) is 0 Å². The summed E-state index contributed by atoms with van der Waals surface area (Å²) in [7, 11) is -0.704. The highest BCUT2D eigenvalue weighted by atomic mass is 31.2. The first kappa shape index (κ1) is 6.04. The lowest BCUT2D eigenvalue weighted by atomic mass is 10.5. The SMILES string of the molecule is CC1=CC=C[P+]1(C)C. The molecule has 0 aromatic rings. The number of hydrogen-bond acceptors (Lipinski definition) is 0. The smallest absolute Gasteiger partial charge is 0.0234 e. The van der Waals surface area contributed by atoms with E-state index in [-0.39, 0.29) is 0 Å². The van der Waals surface area contributed by atoms with Crippen molar-refractivity contribution in [3.63, 3.8) is 0 Å². The maximum Gasteiger partial charge on any atom is 0.0726 e. The second-order valence-corrected chi connectivity index (χ2v) is 6.77. The minimum absolute atomic E-state index is 0.704. The van der Waals surface area contributed by atoms with E-state index < -0.39 is 7.26 Å². The van der Waals surface area contributed by atoms with Gasteiger partial charge in [0.05, 0.1) is 31.7 Å². The molecule has 1 heteroatoms. The second-order valence-electron chi connectivity index (χ2n) is 2.69. The lowest BCUT2D eigenvalue weighted by Crippen LogP contribution is -1.78. The molecule has 0 saturated heterocycles. The number of allylic oxidation sites excluding steroid dienone is 3. The van der Waals surface area contributed by atoms with Gasteiger partial charge < -0.3 is 0 Å². The van der Waals surface area contributed by atoms with E-state index in [1.54, 1.807) is 5.31 Å². The van der Waals surface area contributed by atoms with E-state index >= 15 is 0 Å². The van der Waals surface area contributed by atoms with E-state index in [1.807, 2.05) is 0 Å². The molecule has 0 amide bonds.